The predicted molar refractivity (Wildman–Crippen MR) is 123 cm³/mol. The number of rotatable bonds is 6. The lowest BCUT2D eigenvalue weighted by Crippen LogP contribution is -2.19. The Bertz CT molecular complexity index is 1110. The number of carbonyl (C=O) groups excluding carboxylic acids is 1. The van der Waals surface area contributed by atoms with Crippen LogP contribution in [0, 0.1) is 27.7 Å². The van der Waals surface area contributed by atoms with Crippen LogP contribution in [0.3, 0.4) is 0 Å². The van der Waals surface area contributed by atoms with Gasteiger partial charge in [0.2, 0.25) is 0 Å². The highest BCUT2D eigenvalue weighted by molar-refractivity contribution is 7.99. The normalized spacial score (nSPS) is 11.3. The highest BCUT2D eigenvalue weighted by atomic mass is 35.5. The molecule has 0 fully saturated rings. The standard InChI is InChI=1S/C21H21Cl2N5OS/c1-12-7-13(2)26-21(25-12)30-11-20(29)27-24-10-16-8-14(3)28(15(16)4)19-6-5-17(22)9-18(19)23/h5-10H,11H2,1-4H3,(H,27,29)/b24-10+. The fraction of sp³-hybridized carbons (Fsp3) is 0.238. The van der Waals surface area contributed by atoms with Crippen LogP contribution in [0.5, 0.6) is 0 Å². The Kier molecular flexibility index (Phi) is 7.18. The van der Waals surface area contributed by atoms with E-state index in [0.717, 1.165) is 34.0 Å². The van der Waals surface area contributed by atoms with Gasteiger partial charge in [0.25, 0.3) is 5.91 Å². The number of hydrogen-bond acceptors (Lipinski definition) is 5. The third kappa shape index (κ3) is 5.41. The van der Waals surface area contributed by atoms with Crippen molar-refractivity contribution >= 4 is 47.1 Å². The van der Waals surface area contributed by atoms with Crippen LogP contribution in [-0.2, 0) is 4.79 Å². The Hall–Kier alpha value is -2.35. The Morgan fingerprint density at radius 3 is 2.50 bits per heavy atom. The van der Waals surface area contributed by atoms with Gasteiger partial charge in [-0.2, -0.15) is 5.10 Å². The summed E-state index contributed by atoms with van der Waals surface area (Å²) in [6, 6.07) is 9.25. The molecule has 30 heavy (non-hydrogen) atoms. The number of aromatic nitrogens is 3. The van der Waals surface area contributed by atoms with Gasteiger partial charge in [-0.3, -0.25) is 4.79 Å². The Labute approximate surface area is 189 Å². The third-order valence-electron chi connectivity index (χ3n) is 4.31. The number of hydrogen-bond donors (Lipinski definition) is 1. The molecular formula is C21H21Cl2N5OS. The molecule has 1 aromatic carbocycles. The summed E-state index contributed by atoms with van der Waals surface area (Å²) in [4.78, 5) is 20.7. The second-order valence-electron chi connectivity index (χ2n) is 6.77. The van der Waals surface area contributed by atoms with Gasteiger partial charge in [-0.25, -0.2) is 15.4 Å². The largest absolute Gasteiger partial charge is 0.316 e. The van der Waals surface area contributed by atoms with Crippen molar-refractivity contribution in [1.29, 1.82) is 0 Å². The van der Waals surface area contributed by atoms with Crippen molar-refractivity contribution in [3.8, 4) is 5.69 Å². The van der Waals surface area contributed by atoms with Crippen molar-refractivity contribution < 1.29 is 4.79 Å². The van der Waals surface area contributed by atoms with Crippen LogP contribution in [-0.4, -0.2) is 32.4 Å². The van der Waals surface area contributed by atoms with Crippen LogP contribution in [0.1, 0.15) is 28.3 Å². The molecule has 156 valence electrons. The molecule has 3 aromatic rings. The first-order chi connectivity index (χ1) is 14.2. The first-order valence-corrected chi connectivity index (χ1v) is 10.9. The molecule has 0 unspecified atom stereocenters. The van der Waals surface area contributed by atoms with E-state index in [2.05, 4.69) is 20.5 Å². The summed E-state index contributed by atoms with van der Waals surface area (Å²) in [5, 5.41) is 5.81. The molecule has 0 bridgehead atoms. The number of thioether (sulfide) groups is 1. The summed E-state index contributed by atoms with van der Waals surface area (Å²) < 4.78 is 2.02. The van der Waals surface area contributed by atoms with Crippen molar-refractivity contribution in [3.05, 3.63) is 68.7 Å². The number of carbonyl (C=O) groups is 1. The molecule has 6 nitrogen and oxygen atoms in total. The van der Waals surface area contributed by atoms with Gasteiger partial charge in [-0.05, 0) is 58.0 Å². The lowest BCUT2D eigenvalue weighted by atomic mass is 10.2. The fourth-order valence-electron chi connectivity index (χ4n) is 3.05. The first-order valence-electron chi connectivity index (χ1n) is 9.16. The summed E-state index contributed by atoms with van der Waals surface area (Å²) in [5.74, 6) is -0.0480. The van der Waals surface area contributed by atoms with Crippen molar-refractivity contribution in [2.45, 2.75) is 32.9 Å². The number of halogens is 2. The van der Waals surface area contributed by atoms with Crippen LogP contribution in [0.4, 0.5) is 0 Å². The summed E-state index contributed by atoms with van der Waals surface area (Å²) in [6.07, 6.45) is 1.62. The molecule has 0 atom stereocenters. The Balaban J connectivity index is 1.65. The molecule has 0 radical (unpaired) electrons. The van der Waals surface area contributed by atoms with Crippen molar-refractivity contribution in [2.75, 3.05) is 5.75 Å². The van der Waals surface area contributed by atoms with E-state index in [1.807, 2.05) is 50.5 Å². The van der Waals surface area contributed by atoms with Crippen molar-refractivity contribution in [3.63, 3.8) is 0 Å². The monoisotopic (exact) mass is 461 g/mol. The molecule has 2 aromatic heterocycles. The minimum absolute atomic E-state index is 0.180. The van der Waals surface area contributed by atoms with E-state index in [1.54, 1.807) is 18.3 Å². The van der Waals surface area contributed by atoms with Gasteiger partial charge in [0, 0.05) is 33.4 Å². The van der Waals surface area contributed by atoms with E-state index in [-0.39, 0.29) is 11.7 Å². The Morgan fingerprint density at radius 2 is 1.83 bits per heavy atom. The van der Waals surface area contributed by atoms with Gasteiger partial charge in [0.05, 0.1) is 22.7 Å². The summed E-state index contributed by atoms with van der Waals surface area (Å²) in [7, 11) is 0. The van der Waals surface area contributed by atoms with Crippen LogP contribution in [0.2, 0.25) is 10.0 Å². The summed E-state index contributed by atoms with van der Waals surface area (Å²) in [6.45, 7) is 7.75. The van der Waals surface area contributed by atoms with Crippen LogP contribution in [0.25, 0.3) is 5.69 Å². The second-order valence-corrected chi connectivity index (χ2v) is 8.56. The van der Waals surface area contributed by atoms with Crippen LogP contribution >= 0.6 is 35.0 Å². The fourth-order valence-corrected chi connectivity index (χ4v) is 4.28. The van der Waals surface area contributed by atoms with E-state index >= 15 is 0 Å². The molecule has 0 saturated heterocycles. The van der Waals surface area contributed by atoms with Gasteiger partial charge in [-0.1, -0.05) is 35.0 Å². The van der Waals surface area contributed by atoms with E-state index in [0.29, 0.717) is 15.2 Å². The predicted octanol–water partition coefficient (Wildman–Crippen LogP) is 5.05. The average Bonchev–Trinajstić information content (AvgIpc) is 2.93. The molecular weight excluding hydrogens is 441 g/mol. The zero-order chi connectivity index (χ0) is 21.8. The molecule has 2 heterocycles. The quantitative estimate of drug-likeness (QED) is 0.241. The van der Waals surface area contributed by atoms with Crippen molar-refractivity contribution in [1.82, 2.24) is 20.0 Å². The molecule has 0 aliphatic carbocycles. The summed E-state index contributed by atoms with van der Waals surface area (Å²) >= 11 is 13.6. The Morgan fingerprint density at radius 1 is 1.13 bits per heavy atom. The minimum Gasteiger partial charge on any atom is -0.316 e. The van der Waals surface area contributed by atoms with E-state index in [1.165, 1.54) is 11.8 Å². The number of benzene rings is 1. The maximum Gasteiger partial charge on any atom is 0.250 e. The number of aryl methyl sites for hydroxylation is 3. The molecule has 9 heteroatoms. The molecule has 1 amide bonds. The minimum atomic E-state index is -0.228. The maximum absolute atomic E-state index is 12.1. The van der Waals surface area contributed by atoms with Crippen LogP contribution in [0.15, 0.2) is 40.6 Å². The van der Waals surface area contributed by atoms with Crippen molar-refractivity contribution in [2.24, 2.45) is 5.10 Å². The van der Waals surface area contributed by atoms with E-state index in [9.17, 15) is 4.79 Å². The first kappa shape index (κ1) is 22.3. The zero-order valence-electron chi connectivity index (χ0n) is 17.0. The molecule has 0 spiro atoms. The number of amides is 1. The molecule has 1 N–H and O–H groups in total. The van der Waals surface area contributed by atoms with Gasteiger partial charge >= 0.3 is 0 Å². The average molecular weight is 462 g/mol. The van der Waals surface area contributed by atoms with Gasteiger partial charge in [0.15, 0.2) is 5.16 Å². The zero-order valence-corrected chi connectivity index (χ0v) is 19.4. The van der Waals surface area contributed by atoms with Crippen LogP contribution < -0.4 is 5.43 Å². The lowest BCUT2D eigenvalue weighted by Gasteiger charge is -2.11. The van der Waals surface area contributed by atoms with Gasteiger partial charge < -0.3 is 4.57 Å². The highest BCUT2D eigenvalue weighted by Gasteiger charge is 2.12. The molecule has 0 aliphatic heterocycles. The van der Waals surface area contributed by atoms with Gasteiger partial charge in [-0.15, -0.1) is 0 Å². The lowest BCUT2D eigenvalue weighted by molar-refractivity contribution is -0.118. The highest BCUT2D eigenvalue weighted by Crippen LogP contribution is 2.28. The smallest absolute Gasteiger partial charge is 0.250 e. The van der Waals surface area contributed by atoms with E-state index < -0.39 is 0 Å². The molecule has 3 rings (SSSR count). The molecule has 0 aliphatic rings. The second kappa shape index (κ2) is 9.64. The maximum atomic E-state index is 12.1. The number of nitrogens with one attached hydrogen (secondary N) is 1. The molecule has 0 saturated carbocycles. The number of nitrogens with zero attached hydrogens (tertiary/aromatic N) is 4. The third-order valence-corrected chi connectivity index (χ3v) is 5.69. The number of hydrazone groups is 1. The SMILES string of the molecule is Cc1cc(C)nc(SCC(=O)N/N=C/c2cc(C)n(-c3ccc(Cl)cc3Cl)c2C)n1. The summed E-state index contributed by atoms with van der Waals surface area (Å²) in [5.41, 5.74) is 7.96. The topological polar surface area (TPSA) is 72.2 Å². The van der Waals surface area contributed by atoms with E-state index in [4.69, 9.17) is 23.2 Å². The van der Waals surface area contributed by atoms with Gasteiger partial charge in [0.1, 0.15) is 0 Å².